The van der Waals surface area contributed by atoms with Crippen LogP contribution in [0.4, 0.5) is 0 Å². The van der Waals surface area contributed by atoms with E-state index in [0.29, 0.717) is 18.3 Å². The second kappa shape index (κ2) is 5.04. The van der Waals surface area contributed by atoms with Gasteiger partial charge in [0.1, 0.15) is 6.61 Å². The SMILES string of the molecule is CC12CCC(=O)C=C1CCC1C2[C@@H](O)C2CC23C(C(=O)CO)CCC13. The molecule has 4 saturated carbocycles. The van der Waals surface area contributed by atoms with Crippen molar-refractivity contribution in [3.63, 3.8) is 0 Å². The minimum Gasteiger partial charge on any atom is -0.392 e. The molecule has 0 radical (unpaired) electrons. The van der Waals surface area contributed by atoms with Gasteiger partial charge in [0.2, 0.25) is 0 Å². The Kier molecular flexibility index (Phi) is 3.26. The van der Waals surface area contributed by atoms with Gasteiger partial charge in [0.15, 0.2) is 11.6 Å². The van der Waals surface area contributed by atoms with Crippen LogP contribution in [0.1, 0.15) is 51.9 Å². The molecule has 0 bridgehead atoms. The molecule has 8 atom stereocenters. The van der Waals surface area contributed by atoms with Gasteiger partial charge in [-0.25, -0.2) is 0 Å². The fourth-order valence-corrected chi connectivity index (χ4v) is 7.93. The lowest BCUT2D eigenvalue weighted by molar-refractivity contribution is -0.134. The van der Waals surface area contributed by atoms with Gasteiger partial charge in [-0.05, 0) is 79.1 Å². The molecule has 136 valence electrons. The van der Waals surface area contributed by atoms with Crippen LogP contribution in [-0.2, 0) is 9.59 Å². The van der Waals surface area contributed by atoms with Gasteiger partial charge in [-0.3, -0.25) is 9.59 Å². The van der Waals surface area contributed by atoms with Gasteiger partial charge in [0.05, 0.1) is 6.10 Å². The molecule has 4 heteroatoms. The molecule has 25 heavy (non-hydrogen) atoms. The lowest BCUT2D eigenvalue weighted by atomic mass is 9.48. The summed E-state index contributed by atoms with van der Waals surface area (Å²) in [6, 6.07) is 0. The lowest BCUT2D eigenvalue weighted by Crippen LogP contribution is -2.54. The van der Waals surface area contributed by atoms with E-state index >= 15 is 0 Å². The Labute approximate surface area is 148 Å². The number of Topliss-reactive ketones (excluding diaryl/α,β-unsaturated/α-hetero) is 1. The minimum atomic E-state index is -0.366. The Balaban J connectivity index is 1.53. The van der Waals surface area contributed by atoms with Crippen LogP contribution in [0.2, 0.25) is 0 Å². The Morgan fingerprint density at radius 2 is 2.04 bits per heavy atom. The number of aliphatic hydroxyl groups excluding tert-OH is 2. The molecule has 5 aliphatic rings. The van der Waals surface area contributed by atoms with Crippen molar-refractivity contribution in [1.29, 1.82) is 0 Å². The molecule has 4 nitrogen and oxygen atoms in total. The Bertz CT molecular complexity index is 681. The molecule has 2 N–H and O–H groups in total. The van der Waals surface area contributed by atoms with E-state index in [9.17, 15) is 19.8 Å². The lowest BCUT2D eigenvalue weighted by Gasteiger charge is -2.56. The van der Waals surface area contributed by atoms with Crippen molar-refractivity contribution in [2.24, 2.45) is 40.4 Å². The zero-order valence-corrected chi connectivity index (χ0v) is 14.9. The third-order valence-electron chi connectivity index (χ3n) is 8.95. The summed E-state index contributed by atoms with van der Waals surface area (Å²) in [5, 5.41) is 20.7. The van der Waals surface area contributed by atoms with Crippen LogP contribution in [0.5, 0.6) is 0 Å². The van der Waals surface area contributed by atoms with Gasteiger partial charge in [0, 0.05) is 12.3 Å². The van der Waals surface area contributed by atoms with Crippen LogP contribution in [-0.4, -0.2) is 34.5 Å². The number of carbonyl (C=O) groups excluding carboxylic acids is 2. The highest BCUT2D eigenvalue weighted by Gasteiger charge is 2.76. The first-order valence-corrected chi connectivity index (χ1v) is 9.99. The largest absolute Gasteiger partial charge is 0.392 e. The maximum Gasteiger partial charge on any atom is 0.161 e. The summed E-state index contributed by atoms with van der Waals surface area (Å²) in [5.41, 5.74) is 1.19. The Morgan fingerprint density at radius 1 is 1.24 bits per heavy atom. The maximum absolute atomic E-state index is 12.3. The normalized spacial score (nSPS) is 53.2. The van der Waals surface area contributed by atoms with E-state index in [-0.39, 0.29) is 52.9 Å². The van der Waals surface area contributed by atoms with Gasteiger partial charge >= 0.3 is 0 Å². The van der Waals surface area contributed by atoms with Crippen LogP contribution in [0.3, 0.4) is 0 Å². The summed E-state index contributed by atoms with van der Waals surface area (Å²) >= 11 is 0. The minimum absolute atomic E-state index is 0.0125. The number of ketones is 2. The van der Waals surface area contributed by atoms with E-state index < -0.39 is 0 Å². The molecule has 4 fully saturated rings. The topological polar surface area (TPSA) is 74.6 Å². The van der Waals surface area contributed by atoms with Crippen molar-refractivity contribution in [1.82, 2.24) is 0 Å². The van der Waals surface area contributed by atoms with Crippen molar-refractivity contribution < 1.29 is 19.8 Å². The number of rotatable bonds is 2. The van der Waals surface area contributed by atoms with Crippen molar-refractivity contribution >= 4 is 11.6 Å². The highest BCUT2D eigenvalue weighted by atomic mass is 16.3. The molecule has 1 spiro atoms. The number of carbonyl (C=O) groups is 2. The Hall–Kier alpha value is -1.00. The van der Waals surface area contributed by atoms with E-state index in [1.54, 1.807) is 0 Å². The van der Waals surface area contributed by atoms with E-state index in [2.05, 4.69) is 6.92 Å². The number of hydrogen-bond donors (Lipinski definition) is 2. The monoisotopic (exact) mass is 344 g/mol. The average Bonchev–Trinajstić information content (AvgIpc) is 3.22. The third-order valence-corrected chi connectivity index (χ3v) is 8.95. The second-order valence-electron chi connectivity index (χ2n) is 9.56. The smallest absolute Gasteiger partial charge is 0.161 e. The molecular formula is C21H28O4. The molecule has 0 aromatic heterocycles. The van der Waals surface area contributed by atoms with E-state index in [1.165, 1.54) is 5.57 Å². The van der Waals surface area contributed by atoms with Crippen LogP contribution >= 0.6 is 0 Å². The predicted octanol–water partition coefficient (Wildman–Crippen LogP) is 2.28. The van der Waals surface area contributed by atoms with Crippen molar-refractivity contribution in [3.05, 3.63) is 11.6 Å². The molecule has 0 aliphatic heterocycles. The number of allylic oxidation sites excluding steroid dienone is 1. The van der Waals surface area contributed by atoms with Crippen LogP contribution in [0, 0.1) is 40.4 Å². The summed E-state index contributed by atoms with van der Waals surface area (Å²) in [4.78, 5) is 24.2. The zero-order valence-electron chi connectivity index (χ0n) is 14.9. The van der Waals surface area contributed by atoms with E-state index in [4.69, 9.17) is 0 Å². The van der Waals surface area contributed by atoms with Crippen molar-refractivity contribution in [2.75, 3.05) is 6.61 Å². The van der Waals surface area contributed by atoms with Gasteiger partial charge in [-0.15, -0.1) is 0 Å². The summed E-state index contributed by atoms with van der Waals surface area (Å²) in [7, 11) is 0. The quantitative estimate of drug-likeness (QED) is 0.806. The first kappa shape index (κ1) is 16.2. The van der Waals surface area contributed by atoms with Gasteiger partial charge in [0.25, 0.3) is 0 Å². The molecule has 5 aliphatic carbocycles. The van der Waals surface area contributed by atoms with Crippen LogP contribution in [0.15, 0.2) is 11.6 Å². The maximum atomic E-state index is 12.3. The second-order valence-corrected chi connectivity index (χ2v) is 9.56. The molecule has 0 aromatic rings. The van der Waals surface area contributed by atoms with E-state index in [1.807, 2.05) is 6.08 Å². The summed E-state index contributed by atoms with van der Waals surface area (Å²) in [6.07, 6.45) is 7.87. The zero-order chi connectivity index (χ0) is 17.6. The fraction of sp³-hybridized carbons (Fsp3) is 0.810. The molecule has 0 amide bonds. The van der Waals surface area contributed by atoms with Crippen LogP contribution in [0.25, 0.3) is 0 Å². The fourth-order valence-electron chi connectivity index (χ4n) is 7.93. The molecular weight excluding hydrogens is 316 g/mol. The number of hydrogen-bond acceptors (Lipinski definition) is 4. The van der Waals surface area contributed by atoms with Crippen LogP contribution < -0.4 is 0 Å². The highest BCUT2D eigenvalue weighted by Crippen LogP contribution is 2.78. The summed E-state index contributed by atoms with van der Waals surface area (Å²) < 4.78 is 0. The van der Waals surface area contributed by atoms with Crippen molar-refractivity contribution in [3.8, 4) is 0 Å². The first-order chi connectivity index (χ1) is 11.9. The highest BCUT2D eigenvalue weighted by molar-refractivity contribution is 5.91. The van der Waals surface area contributed by atoms with Gasteiger partial charge in [-0.1, -0.05) is 12.5 Å². The third kappa shape index (κ3) is 1.85. The molecule has 7 unspecified atom stereocenters. The summed E-state index contributed by atoms with van der Waals surface area (Å²) in [5.74, 6) is 1.61. The molecule has 5 rings (SSSR count). The molecule has 0 saturated heterocycles. The Morgan fingerprint density at radius 3 is 2.80 bits per heavy atom. The predicted molar refractivity (Wildman–Crippen MR) is 91.5 cm³/mol. The average molecular weight is 344 g/mol. The van der Waals surface area contributed by atoms with Gasteiger partial charge in [-0.2, -0.15) is 0 Å². The molecule has 0 aromatic carbocycles. The number of aliphatic hydroxyl groups is 2. The summed E-state index contributed by atoms with van der Waals surface area (Å²) in [6.45, 7) is 1.91. The van der Waals surface area contributed by atoms with E-state index in [0.717, 1.165) is 38.5 Å². The standard InChI is InChI=1S/C21H28O4/c1-20-7-6-12(23)8-11(20)2-3-13-14-4-5-15(17(24)10-22)21(14)9-16(21)19(25)18(13)20/h8,13-16,18-19,22,25H,2-7,9-10H2,1H3/t13?,14?,15?,16?,18?,19-,20?,21?/m0/s1. The molecule has 0 heterocycles. The van der Waals surface area contributed by atoms with Crippen molar-refractivity contribution in [2.45, 2.75) is 58.0 Å². The number of fused-ring (bicyclic) bond motifs is 4. The van der Waals surface area contributed by atoms with Gasteiger partial charge < -0.3 is 10.2 Å². The first-order valence-electron chi connectivity index (χ1n) is 9.99.